The first-order chi connectivity index (χ1) is 19.4. The summed E-state index contributed by atoms with van der Waals surface area (Å²) >= 11 is 1.39. The number of halogens is 1. The fourth-order valence-corrected chi connectivity index (χ4v) is 5.00. The zero-order valence-corrected chi connectivity index (χ0v) is 23.7. The number of para-hydroxylation sites is 1. The van der Waals surface area contributed by atoms with Gasteiger partial charge >= 0.3 is 0 Å². The summed E-state index contributed by atoms with van der Waals surface area (Å²) < 4.78 is 35.8. The van der Waals surface area contributed by atoms with Crippen LogP contribution in [0.15, 0.2) is 66.0 Å². The number of nitrogens with one attached hydrogen (secondary N) is 1. The van der Waals surface area contributed by atoms with E-state index in [1.807, 2.05) is 36.4 Å². The second-order valence-electron chi connectivity index (χ2n) is 8.89. The fourth-order valence-electron chi connectivity index (χ4n) is 4.19. The van der Waals surface area contributed by atoms with E-state index in [2.05, 4.69) is 15.2 Å². The van der Waals surface area contributed by atoms with Crippen LogP contribution in [0.1, 0.15) is 26.6 Å². The zero-order valence-electron chi connectivity index (χ0n) is 22.9. The lowest BCUT2D eigenvalue weighted by atomic mass is 10.1. The van der Waals surface area contributed by atoms with Crippen molar-refractivity contribution in [2.45, 2.75) is 19.5 Å². The molecule has 1 N–H and O–H groups in total. The van der Waals surface area contributed by atoms with Crippen LogP contribution in [0.5, 0.6) is 23.0 Å². The molecule has 4 rings (SSSR count). The maximum Gasteiger partial charge on any atom is 0.275 e. The largest absolute Gasteiger partial charge is 0.497 e. The number of carbonyl (C=O) groups excluding carboxylic acids is 1. The SMILES string of the molecule is COc1ccc(CN(CCc2ccc(OC)c(OC)c2)Cc2nc(C(=O)Nc3ccccc3F)cs2)c(OC)c1. The Bertz CT molecular complexity index is 1440. The number of anilines is 1. The van der Waals surface area contributed by atoms with Gasteiger partial charge < -0.3 is 24.3 Å². The van der Waals surface area contributed by atoms with Crippen molar-refractivity contribution < 1.29 is 28.1 Å². The molecule has 0 bridgehead atoms. The molecule has 0 saturated heterocycles. The number of aromatic nitrogens is 1. The summed E-state index contributed by atoms with van der Waals surface area (Å²) in [4.78, 5) is 19.5. The summed E-state index contributed by atoms with van der Waals surface area (Å²) in [5.41, 5.74) is 2.44. The Balaban J connectivity index is 1.52. The van der Waals surface area contributed by atoms with Crippen LogP contribution in [0.3, 0.4) is 0 Å². The van der Waals surface area contributed by atoms with Crippen molar-refractivity contribution in [1.82, 2.24) is 9.88 Å². The Morgan fingerprint density at radius 3 is 2.40 bits per heavy atom. The lowest BCUT2D eigenvalue weighted by Crippen LogP contribution is -2.26. The van der Waals surface area contributed by atoms with Gasteiger partial charge in [-0.15, -0.1) is 11.3 Å². The first-order valence-corrected chi connectivity index (χ1v) is 13.5. The van der Waals surface area contributed by atoms with Crippen LogP contribution in [0.4, 0.5) is 10.1 Å². The highest BCUT2D eigenvalue weighted by molar-refractivity contribution is 7.09. The van der Waals surface area contributed by atoms with Gasteiger partial charge in [0.2, 0.25) is 0 Å². The molecule has 0 fully saturated rings. The number of carbonyl (C=O) groups is 1. The number of benzene rings is 3. The third-order valence-corrected chi connectivity index (χ3v) is 7.15. The molecule has 3 aromatic carbocycles. The van der Waals surface area contributed by atoms with E-state index in [0.29, 0.717) is 36.9 Å². The molecule has 0 radical (unpaired) electrons. The highest BCUT2D eigenvalue weighted by atomic mass is 32.1. The predicted molar refractivity (Wildman–Crippen MR) is 153 cm³/mol. The maximum absolute atomic E-state index is 14.0. The molecule has 1 aromatic heterocycles. The van der Waals surface area contributed by atoms with Gasteiger partial charge in [0.1, 0.15) is 28.0 Å². The van der Waals surface area contributed by atoms with Crippen LogP contribution in [-0.4, -0.2) is 50.8 Å². The molecule has 0 aliphatic carbocycles. The predicted octanol–water partition coefficient (Wildman–Crippen LogP) is 5.81. The van der Waals surface area contributed by atoms with Crippen LogP contribution in [0.2, 0.25) is 0 Å². The van der Waals surface area contributed by atoms with Crippen LogP contribution < -0.4 is 24.3 Å². The molecular weight excluding hydrogens is 533 g/mol. The summed E-state index contributed by atoms with van der Waals surface area (Å²) in [6.45, 7) is 1.78. The molecular formula is C30H32FN3O5S. The topological polar surface area (TPSA) is 82.2 Å². The van der Waals surface area contributed by atoms with E-state index >= 15 is 0 Å². The van der Waals surface area contributed by atoms with Gasteiger partial charge in [0.05, 0.1) is 40.7 Å². The summed E-state index contributed by atoms with van der Waals surface area (Å²) in [5, 5.41) is 5.04. The number of nitrogens with zero attached hydrogens (tertiary/aromatic N) is 2. The van der Waals surface area contributed by atoms with Gasteiger partial charge in [-0.2, -0.15) is 0 Å². The average molecular weight is 566 g/mol. The second kappa shape index (κ2) is 13.8. The summed E-state index contributed by atoms with van der Waals surface area (Å²) in [6.07, 6.45) is 0.741. The third-order valence-electron chi connectivity index (χ3n) is 6.32. The number of rotatable bonds is 13. The first-order valence-electron chi connectivity index (χ1n) is 12.6. The van der Waals surface area contributed by atoms with Gasteiger partial charge in [0.25, 0.3) is 5.91 Å². The normalized spacial score (nSPS) is 10.8. The summed E-state index contributed by atoms with van der Waals surface area (Å²) in [5.74, 6) is 1.83. The molecule has 0 aliphatic heterocycles. The number of ether oxygens (including phenoxy) is 4. The van der Waals surface area contributed by atoms with Crippen LogP contribution in [0, 0.1) is 5.82 Å². The van der Waals surface area contributed by atoms with E-state index < -0.39 is 11.7 Å². The monoisotopic (exact) mass is 565 g/mol. The lowest BCUT2D eigenvalue weighted by molar-refractivity contribution is 0.102. The van der Waals surface area contributed by atoms with Crippen LogP contribution >= 0.6 is 11.3 Å². The number of hydrogen-bond acceptors (Lipinski definition) is 8. The quantitative estimate of drug-likeness (QED) is 0.219. The smallest absolute Gasteiger partial charge is 0.275 e. The summed E-state index contributed by atoms with van der Waals surface area (Å²) in [6, 6.07) is 17.7. The number of amides is 1. The molecule has 0 saturated carbocycles. The maximum atomic E-state index is 14.0. The highest BCUT2D eigenvalue weighted by Gasteiger charge is 2.17. The fraction of sp³-hybridized carbons (Fsp3) is 0.267. The van der Waals surface area contributed by atoms with Crippen molar-refractivity contribution in [2.75, 3.05) is 40.3 Å². The highest BCUT2D eigenvalue weighted by Crippen LogP contribution is 2.29. The van der Waals surface area contributed by atoms with Crippen LogP contribution in [0.25, 0.3) is 0 Å². The van der Waals surface area contributed by atoms with Crippen molar-refractivity contribution in [3.8, 4) is 23.0 Å². The zero-order chi connectivity index (χ0) is 28.5. The third kappa shape index (κ3) is 7.28. The molecule has 8 nitrogen and oxygen atoms in total. The van der Waals surface area contributed by atoms with E-state index in [0.717, 1.165) is 28.3 Å². The molecule has 1 heterocycles. The van der Waals surface area contributed by atoms with Gasteiger partial charge in [0, 0.05) is 30.1 Å². The van der Waals surface area contributed by atoms with Crippen molar-refractivity contribution >= 4 is 22.9 Å². The van der Waals surface area contributed by atoms with E-state index in [-0.39, 0.29) is 11.4 Å². The minimum Gasteiger partial charge on any atom is -0.497 e. The van der Waals surface area contributed by atoms with Gasteiger partial charge in [-0.3, -0.25) is 9.69 Å². The van der Waals surface area contributed by atoms with Gasteiger partial charge in [-0.05, 0) is 42.3 Å². The Hall–Kier alpha value is -4.15. The molecule has 0 unspecified atom stereocenters. The number of methoxy groups -OCH3 is 4. The second-order valence-corrected chi connectivity index (χ2v) is 9.83. The standard InChI is InChI=1S/C30H32FN3O5S/c1-36-22-11-10-21(27(16-22)38-3)17-34(14-13-20-9-12-26(37-2)28(15-20)39-4)18-29-32-25(19-40-29)30(35)33-24-8-6-5-7-23(24)31/h5-12,15-16,19H,13-14,17-18H2,1-4H3,(H,33,35). The molecule has 210 valence electrons. The molecule has 0 atom stereocenters. The summed E-state index contributed by atoms with van der Waals surface area (Å²) in [7, 11) is 6.48. The van der Waals surface area contributed by atoms with Gasteiger partial charge in [-0.1, -0.05) is 24.3 Å². The molecule has 0 aliphatic rings. The van der Waals surface area contributed by atoms with Gasteiger partial charge in [-0.25, -0.2) is 9.37 Å². The van der Waals surface area contributed by atoms with Gasteiger partial charge in [0.15, 0.2) is 11.5 Å². The molecule has 0 spiro atoms. The average Bonchev–Trinajstić information content (AvgIpc) is 3.45. The Morgan fingerprint density at radius 1 is 0.900 bits per heavy atom. The Labute approximate surface area is 237 Å². The molecule has 1 amide bonds. The number of thiazole rings is 1. The van der Waals surface area contributed by atoms with Crippen LogP contribution in [-0.2, 0) is 19.5 Å². The van der Waals surface area contributed by atoms with Crippen molar-refractivity contribution in [3.05, 3.63) is 93.7 Å². The van der Waals surface area contributed by atoms with E-state index in [1.54, 1.807) is 46.0 Å². The Morgan fingerprint density at radius 2 is 1.68 bits per heavy atom. The molecule has 10 heteroatoms. The van der Waals surface area contributed by atoms with Crippen molar-refractivity contribution in [3.63, 3.8) is 0 Å². The van der Waals surface area contributed by atoms with Crippen molar-refractivity contribution in [1.29, 1.82) is 0 Å². The minimum absolute atomic E-state index is 0.116. The van der Waals surface area contributed by atoms with Crippen molar-refractivity contribution in [2.24, 2.45) is 0 Å². The minimum atomic E-state index is -0.499. The lowest BCUT2D eigenvalue weighted by Gasteiger charge is -2.23. The number of hydrogen-bond donors (Lipinski definition) is 1. The Kier molecular flexibility index (Phi) is 9.93. The molecule has 40 heavy (non-hydrogen) atoms. The van der Waals surface area contributed by atoms with E-state index in [1.165, 1.54) is 23.5 Å². The van der Waals surface area contributed by atoms with E-state index in [4.69, 9.17) is 18.9 Å². The molecule has 4 aromatic rings. The van der Waals surface area contributed by atoms with E-state index in [9.17, 15) is 9.18 Å². The first kappa shape index (κ1) is 28.8.